The van der Waals surface area contributed by atoms with Gasteiger partial charge in [-0.15, -0.1) is 20.4 Å². The molecule has 2 aliphatic rings. The van der Waals surface area contributed by atoms with Crippen molar-refractivity contribution in [1.29, 1.82) is 10.5 Å². The Bertz CT molecular complexity index is 2680. The lowest BCUT2D eigenvalue weighted by Gasteiger charge is -2.12. The molecule has 0 saturated heterocycles. The number of benzene rings is 4. The van der Waals surface area contributed by atoms with E-state index < -0.39 is 10.0 Å². The highest BCUT2D eigenvalue weighted by Gasteiger charge is 2.28. The van der Waals surface area contributed by atoms with Crippen LogP contribution in [-0.4, -0.2) is 47.3 Å². The van der Waals surface area contributed by atoms with Gasteiger partial charge in [-0.3, -0.25) is 0 Å². The molecule has 6 aromatic rings. The third-order valence-electron chi connectivity index (χ3n) is 9.67. The molecule has 4 aromatic carbocycles. The molecule has 0 amide bonds. The molecule has 296 valence electrons. The first-order valence-electron chi connectivity index (χ1n) is 18.9. The van der Waals surface area contributed by atoms with Gasteiger partial charge in [0.1, 0.15) is 43.7 Å². The molecular formula is C43H42N8O4S3. The van der Waals surface area contributed by atoms with Gasteiger partial charge in [-0.2, -0.15) is 10.5 Å². The van der Waals surface area contributed by atoms with Gasteiger partial charge >= 0.3 is 0 Å². The molecular weight excluding hydrogens is 789 g/mol. The van der Waals surface area contributed by atoms with Gasteiger partial charge < -0.3 is 15.2 Å². The Morgan fingerprint density at radius 2 is 1.17 bits per heavy atom. The number of ether oxygens (including phenoxy) is 2. The van der Waals surface area contributed by atoms with E-state index in [1.54, 1.807) is 12.1 Å². The van der Waals surface area contributed by atoms with Crippen molar-refractivity contribution in [3.63, 3.8) is 0 Å². The predicted molar refractivity (Wildman–Crippen MR) is 227 cm³/mol. The van der Waals surface area contributed by atoms with E-state index in [0.29, 0.717) is 34.1 Å². The molecule has 0 spiro atoms. The summed E-state index contributed by atoms with van der Waals surface area (Å²) in [5.74, 6) is 1.15. The second-order valence-corrected chi connectivity index (χ2v) is 18.4. The second-order valence-electron chi connectivity index (χ2n) is 14.7. The third kappa shape index (κ3) is 8.94. The summed E-state index contributed by atoms with van der Waals surface area (Å²) in [6, 6.07) is 27.4. The minimum Gasteiger partial charge on any atom is -0.490 e. The second kappa shape index (κ2) is 17.1. The van der Waals surface area contributed by atoms with E-state index in [0.717, 1.165) is 67.7 Å². The van der Waals surface area contributed by atoms with Gasteiger partial charge in [-0.05, 0) is 112 Å². The van der Waals surface area contributed by atoms with Crippen molar-refractivity contribution in [3.8, 4) is 65.9 Å². The van der Waals surface area contributed by atoms with E-state index in [2.05, 4.69) is 49.4 Å². The largest absolute Gasteiger partial charge is 0.490 e. The molecule has 2 aromatic heterocycles. The van der Waals surface area contributed by atoms with Crippen LogP contribution in [0.2, 0.25) is 0 Å². The number of hydrogen-bond acceptors (Lipinski definition) is 13. The molecule has 0 radical (unpaired) electrons. The van der Waals surface area contributed by atoms with Crippen molar-refractivity contribution in [2.45, 2.75) is 77.7 Å². The van der Waals surface area contributed by atoms with Gasteiger partial charge in [-0.25, -0.2) is 13.1 Å². The molecule has 0 bridgehead atoms. The summed E-state index contributed by atoms with van der Waals surface area (Å²) in [7, 11) is -3.29. The molecule has 12 nitrogen and oxygen atoms in total. The lowest BCUT2D eigenvalue weighted by atomic mass is 10.0. The van der Waals surface area contributed by atoms with E-state index in [1.165, 1.54) is 40.1 Å². The molecule has 0 fully saturated rings. The zero-order chi connectivity index (χ0) is 41.1. The number of aromatic nitrogens is 4. The van der Waals surface area contributed by atoms with Crippen LogP contribution >= 0.6 is 22.7 Å². The highest BCUT2D eigenvalue weighted by molar-refractivity contribution is 7.88. The smallest absolute Gasteiger partial charge is 0.209 e. The standard InChI is InChI=1S/C22H22N4O3S2.C21H20N4OS/c1-13(2)29-20-10-7-14(11-15(20)12-23)21-24-25-22(30-21)18-6-4-5-17-16(18)8-9-19(17)26-31(3,27)28;1-12(2)26-19-9-6-13(10-14(19)11-22)20-24-25-21(27-20)17-5-3-4-16-15(17)7-8-18(16)23/h4-7,10-11,13,19,26H,8-9H2,1-3H3;3-6,9-10,12,18H,7-8,23H2,1-2H3/t19-;18-/m00/s1. The fourth-order valence-corrected chi connectivity index (χ4v) is 9.78. The summed E-state index contributed by atoms with van der Waals surface area (Å²) in [5.41, 5.74) is 15.5. The van der Waals surface area contributed by atoms with E-state index >= 15 is 0 Å². The van der Waals surface area contributed by atoms with Crippen LogP contribution in [0.1, 0.15) is 86.0 Å². The van der Waals surface area contributed by atoms with Gasteiger partial charge in [0.15, 0.2) is 0 Å². The summed E-state index contributed by atoms with van der Waals surface area (Å²) in [4.78, 5) is 0. The molecule has 15 heteroatoms. The van der Waals surface area contributed by atoms with Crippen molar-refractivity contribution < 1.29 is 17.9 Å². The Labute approximate surface area is 346 Å². The van der Waals surface area contributed by atoms with Crippen molar-refractivity contribution in [3.05, 3.63) is 106 Å². The Hall–Kier alpha value is -5.55. The summed E-state index contributed by atoms with van der Waals surface area (Å²) in [6.07, 6.45) is 4.61. The van der Waals surface area contributed by atoms with Gasteiger partial charge in [0.25, 0.3) is 0 Å². The van der Waals surface area contributed by atoms with Crippen LogP contribution in [0.3, 0.4) is 0 Å². The minimum atomic E-state index is -3.29. The van der Waals surface area contributed by atoms with Crippen LogP contribution in [0, 0.1) is 22.7 Å². The van der Waals surface area contributed by atoms with Crippen LogP contribution < -0.4 is 19.9 Å². The minimum absolute atomic E-state index is 0.0163. The number of hydrogen-bond donors (Lipinski definition) is 2. The van der Waals surface area contributed by atoms with Gasteiger partial charge in [0.05, 0.1) is 29.6 Å². The molecule has 2 atom stereocenters. The molecule has 8 rings (SSSR count). The van der Waals surface area contributed by atoms with Crippen molar-refractivity contribution >= 4 is 32.7 Å². The first kappa shape index (κ1) is 40.6. The third-order valence-corrected chi connectivity index (χ3v) is 12.4. The maximum atomic E-state index is 11.7. The fraction of sp³-hybridized carbons (Fsp3) is 0.302. The number of fused-ring (bicyclic) bond motifs is 2. The quantitative estimate of drug-likeness (QED) is 0.135. The number of nitriles is 2. The Morgan fingerprint density at radius 3 is 1.66 bits per heavy atom. The van der Waals surface area contributed by atoms with Crippen molar-refractivity contribution in [2.75, 3.05) is 6.26 Å². The molecule has 0 saturated carbocycles. The zero-order valence-electron chi connectivity index (χ0n) is 32.7. The number of nitrogens with one attached hydrogen (secondary N) is 1. The normalized spacial score (nSPS) is 15.6. The SMILES string of the molecule is CC(C)Oc1ccc(-c2nnc(-c3cccc4c3CC[C@@H]4N)s2)cc1C#N.CC(C)Oc1ccc(-c2nnc(-c3cccc4c3CC[C@@H]4NS(C)(=O)=O)s2)cc1C#N. The van der Waals surface area contributed by atoms with E-state index in [4.69, 9.17) is 15.2 Å². The van der Waals surface area contributed by atoms with Crippen LogP contribution in [0.5, 0.6) is 11.5 Å². The van der Waals surface area contributed by atoms with Gasteiger partial charge in [0, 0.05) is 34.3 Å². The van der Waals surface area contributed by atoms with E-state index in [1.807, 2.05) is 76.2 Å². The average Bonchev–Trinajstić information content (AvgIpc) is 4.02. The van der Waals surface area contributed by atoms with Crippen LogP contribution in [0.15, 0.2) is 72.8 Å². The van der Waals surface area contributed by atoms with Crippen LogP contribution in [-0.2, 0) is 22.9 Å². The fourth-order valence-electron chi connectivity index (χ4n) is 7.23. The maximum absolute atomic E-state index is 11.7. The molecule has 3 N–H and O–H groups in total. The number of nitrogens with two attached hydrogens (primary N) is 1. The summed E-state index contributed by atoms with van der Waals surface area (Å²) < 4.78 is 37.5. The highest BCUT2D eigenvalue weighted by Crippen LogP contribution is 2.41. The monoisotopic (exact) mass is 830 g/mol. The van der Waals surface area contributed by atoms with Crippen LogP contribution in [0.25, 0.3) is 42.3 Å². The molecule has 58 heavy (non-hydrogen) atoms. The molecule has 0 aliphatic heterocycles. The summed E-state index contributed by atoms with van der Waals surface area (Å²) in [6.45, 7) is 7.72. The molecule has 0 unspecified atom stereocenters. The topological polar surface area (TPSA) is 190 Å². The maximum Gasteiger partial charge on any atom is 0.209 e. The molecule has 2 aliphatic carbocycles. The lowest BCUT2D eigenvalue weighted by molar-refractivity contribution is 0.241. The highest BCUT2D eigenvalue weighted by atomic mass is 32.2. The lowest BCUT2D eigenvalue weighted by Crippen LogP contribution is -2.25. The van der Waals surface area contributed by atoms with Gasteiger partial charge in [0.2, 0.25) is 10.0 Å². The van der Waals surface area contributed by atoms with E-state index in [-0.39, 0.29) is 24.3 Å². The van der Waals surface area contributed by atoms with Crippen molar-refractivity contribution in [1.82, 2.24) is 25.1 Å². The average molecular weight is 831 g/mol. The summed E-state index contributed by atoms with van der Waals surface area (Å²) >= 11 is 2.98. The first-order valence-corrected chi connectivity index (χ1v) is 22.4. The molecule has 2 heterocycles. The van der Waals surface area contributed by atoms with Crippen molar-refractivity contribution in [2.24, 2.45) is 5.73 Å². The summed E-state index contributed by atoms with van der Waals surface area (Å²) in [5, 5.41) is 39.6. The number of nitrogens with zero attached hydrogens (tertiary/aromatic N) is 6. The Morgan fingerprint density at radius 1 is 0.707 bits per heavy atom. The number of rotatable bonds is 10. The van der Waals surface area contributed by atoms with E-state index in [9.17, 15) is 18.9 Å². The van der Waals surface area contributed by atoms with Crippen LogP contribution in [0.4, 0.5) is 0 Å². The number of sulfonamides is 1. The Kier molecular flexibility index (Phi) is 12.0. The zero-order valence-corrected chi connectivity index (χ0v) is 35.1. The Balaban J connectivity index is 0.000000178. The predicted octanol–water partition coefficient (Wildman–Crippen LogP) is 8.54. The van der Waals surface area contributed by atoms with Gasteiger partial charge in [-0.1, -0.05) is 59.1 Å². The first-order chi connectivity index (χ1) is 27.8.